The number of amides is 1. The number of carbonyl (C=O) groups excluding carboxylic acids is 1. The summed E-state index contributed by atoms with van der Waals surface area (Å²) in [7, 11) is 0. The van der Waals surface area contributed by atoms with Gasteiger partial charge in [0.25, 0.3) is 5.91 Å². The van der Waals surface area contributed by atoms with Crippen molar-refractivity contribution in [3.05, 3.63) is 64.2 Å². The Morgan fingerprint density at radius 3 is 2.78 bits per heavy atom. The number of benzene rings is 1. The zero-order chi connectivity index (χ0) is 23.3. The Bertz CT molecular complexity index is 1050. The molecular weight excluding hydrogens is 444 g/mol. The third-order valence-electron chi connectivity index (χ3n) is 4.95. The number of rotatable bonds is 8. The third-order valence-corrected chi connectivity index (χ3v) is 6.13. The first-order chi connectivity index (χ1) is 15.2. The lowest BCUT2D eigenvalue weighted by Gasteiger charge is -2.26. The van der Waals surface area contributed by atoms with Crippen LogP contribution in [0.5, 0.6) is 0 Å². The summed E-state index contributed by atoms with van der Waals surface area (Å²) in [6, 6.07) is 6.87. The molecule has 8 heteroatoms. The summed E-state index contributed by atoms with van der Waals surface area (Å²) in [5.74, 6) is -1.19. The number of hydrogen-bond acceptors (Lipinski definition) is 6. The predicted molar refractivity (Wildman–Crippen MR) is 130 cm³/mol. The minimum atomic E-state index is -1.06. The van der Waals surface area contributed by atoms with Crippen molar-refractivity contribution in [2.24, 2.45) is 11.3 Å². The normalized spacial score (nSPS) is 17.7. The van der Waals surface area contributed by atoms with Gasteiger partial charge >= 0.3 is 5.97 Å². The van der Waals surface area contributed by atoms with Crippen molar-refractivity contribution in [2.75, 3.05) is 0 Å². The fourth-order valence-electron chi connectivity index (χ4n) is 3.53. The fourth-order valence-corrected chi connectivity index (χ4v) is 4.62. The number of carboxylic acids is 1. The van der Waals surface area contributed by atoms with Crippen molar-refractivity contribution in [1.29, 1.82) is 0 Å². The highest BCUT2D eigenvalue weighted by molar-refractivity contribution is 7.83. The minimum Gasteiger partial charge on any atom is -0.489 e. The fraction of sp³-hybridized carbons (Fsp3) is 0.375. The van der Waals surface area contributed by atoms with E-state index in [1.165, 1.54) is 0 Å². The Kier molecular flexibility index (Phi) is 7.79. The molecule has 1 aromatic heterocycles. The molecule has 1 heterocycles. The van der Waals surface area contributed by atoms with Crippen LogP contribution in [0.2, 0.25) is 0 Å². The molecule has 0 saturated heterocycles. The van der Waals surface area contributed by atoms with Gasteiger partial charge in [-0.15, -0.1) is 11.3 Å². The molecule has 2 aromatic rings. The number of thiazole rings is 1. The number of allylic oxidation sites excluding steroid dienone is 2. The number of hydrogen-bond donors (Lipinski definition) is 3. The lowest BCUT2D eigenvalue weighted by atomic mass is 9.87. The summed E-state index contributed by atoms with van der Waals surface area (Å²) < 4.78 is 7.19. The van der Waals surface area contributed by atoms with E-state index in [9.17, 15) is 14.7 Å². The summed E-state index contributed by atoms with van der Waals surface area (Å²) in [5, 5.41) is 14.7. The van der Waals surface area contributed by atoms with E-state index < -0.39 is 17.9 Å². The number of nitrogens with zero attached hydrogens (tertiary/aromatic N) is 1. The van der Waals surface area contributed by atoms with E-state index in [0.717, 1.165) is 15.2 Å². The van der Waals surface area contributed by atoms with Crippen LogP contribution < -0.4 is 5.32 Å². The van der Waals surface area contributed by atoms with E-state index in [1.807, 2.05) is 57.2 Å². The van der Waals surface area contributed by atoms with E-state index >= 15 is 0 Å². The van der Waals surface area contributed by atoms with Gasteiger partial charge in [-0.25, -0.2) is 9.78 Å². The van der Waals surface area contributed by atoms with E-state index in [2.05, 4.69) is 22.9 Å². The molecule has 2 atom stereocenters. The van der Waals surface area contributed by atoms with Gasteiger partial charge in [0, 0.05) is 5.92 Å². The van der Waals surface area contributed by atoms with Gasteiger partial charge in [-0.1, -0.05) is 45.1 Å². The molecule has 0 bridgehead atoms. The Morgan fingerprint density at radius 1 is 1.38 bits per heavy atom. The first-order valence-corrected chi connectivity index (χ1v) is 11.7. The molecule has 2 N–H and O–H groups in total. The average molecular weight is 473 g/mol. The number of fused-ring (bicyclic) bond motifs is 1. The number of carboxylic acid groups (broad SMARTS) is 1. The van der Waals surface area contributed by atoms with E-state index in [4.69, 9.17) is 4.74 Å². The molecule has 0 aliphatic heterocycles. The average Bonchev–Trinajstić information content (AvgIpc) is 3.14. The van der Waals surface area contributed by atoms with Crippen molar-refractivity contribution in [3.63, 3.8) is 0 Å². The van der Waals surface area contributed by atoms with Gasteiger partial charge in [-0.2, -0.15) is 12.6 Å². The van der Waals surface area contributed by atoms with Crippen LogP contribution in [0.15, 0.2) is 59.2 Å². The molecule has 1 amide bonds. The van der Waals surface area contributed by atoms with Crippen LogP contribution in [0.3, 0.4) is 0 Å². The molecule has 1 aromatic carbocycles. The lowest BCUT2D eigenvalue weighted by molar-refractivity contribution is -0.142. The molecule has 3 rings (SSSR count). The standard InChI is InChI=1S/C24H28N2O4S2/c1-24(2,3)13-18(23(28)29)26-22(27)16-8-6-7-15(11-12-31)21(16)30-14-20-25-17-9-4-5-10-19(17)32-20/h4-6,8-12,15,18,31H,7,13-14H2,1-3H3,(H,26,27)(H,28,29)/b12-11-. The van der Waals surface area contributed by atoms with Crippen molar-refractivity contribution in [1.82, 2.24) is 10.3 Å². The highest BCUT2D eigenvalue weighted by Crippen LogP contribution is 2.31. The minimum absolute atomic E-state index is 0.168. The van der Waals surface area contributed by atoms with Gasteiger partial charge in [0.05, 0.1) is 15.8 Å². The van der Waals surface area contributed by atoms with Gasteiger partial charge in [-0.05, 0) is 41.9 Å². The zero-order valence-electron chi connectivity index (χ0n) is 18.4. The number of thiol groups is 1. The lowest BCUT2D eigenvalue weighted by Crippen LogP contribution is -2.44. The summed E-state index contributed by atoms with van der Waals surface area (Å²) in [5.41, 5.74) is 0.982. The summed E-state index contributed by atoms with van der Waals surface area (Å²) in [6.45, 7) is 6.04. The van der Waals surface area contributed by atoms with E-state index in [-0.39, 0.29) is 17.9 Å². The Hall–Kier alpha value is -2.58. The smallest absolute Gasteiger partial charge is 0.326 e. The van der Waals surface area contributed by atoms with Crippen molar-refractivity contribution in [2.45, 2.75) is 46.3 Å². The summed E-state index contributed by atoms with van der Waals surface area (Å²) in [4.78, 5) is 29.4. The maximum Gasteiger partial charge on any atom is 0.326 e. The number of para-hydroxylation sites is 1. The van der Waals surface area contributed by atoms with E-state index in [0.29, 0.717) is 24.2 Å². The summed E-state index contributed by atoms with van der Waals surface area (Å²) in [6.07, 6.45) is 6.41. The Morgan fingerprint density at radius 2 is 2.12 bits per heavy atom. The second kappa shape index (κ2) is 10.4. The molecule has 32 heavy (non-hydrogen) atoms. The maximum absolute atomic E-state index is 13.1. The van der Waals surface area contributed by atoms with Crippen LogP contribution in [0, 0.1) is 11.3 Å². The molecule has 170 valence electrons. The van der Waals surface area contributed by atoms with Gasteiger partial charge in [0.15, 0.2) is 0 Å². The Labute approximate surface area is 197 Å². The first kappa shape index (κ1) is 24.1. The molecular formula is C24H28N2O4S2. The zero-order valence-corrected chi connectivity index (χ0v) is 20.1. The number of aromatic nitrogens is 1. The number of nitrogens with one attached hydrogen (secondary N) is 1. The van der Waals surface area contributed by atoms with Crippen LogP contribution in [0.1, 0.15) is 38.6 Å². The topological polar surface area (TPSA) is 88.5 Å². The summed E-state index contributed by atoms with van der Waals surface area (Å²) >= 11 is 5.73. The molecule has 1 aliphatic carbocycles. The van der Waals surface area contributed by atoms with Crippen LogP contribution in [0.4, 0.5) is 0 Å². The highest BCUT2D eigenvalue weighted by Gasteiger charge is 2.30. The third kappa shape index (κ3) is 6.23. The Balaban J connectivity index is 1.85. The molecule has 0 spiro atoms. The highest BCUT2D eigenvalue weighted by atomic mass is 32.1. The SMILES string of the molecule is CC(C)(C)CC(NC(=O)C1=C(OCc2nc3ccccc3s2)C(/C=C\S)CC=C1)C(=O)O. The number of carbonyl (C=O) groups is 2. The molecule has 0 fully saturated rings. The van der Waals surface area contributed by atoms with Crippen LogP contribution in [0.25, 0.3) is 10.2 Å². The van der Waals surface area contributed by atoms with Crippen molar-refractivity contribution < 1.29 is 19.4 Å². The van der Waals surface area contributed by atoms with Crippen LogP contribution in [-0.4, -0.2) is 28.0 Å². The quantitative estimate of drug-likeness (QED) is 0.466. The van der Waals surface area contributed by atoms with Gasteiger partial charge in [0.2, 0.25) is 0 Å². The molecule has 0 saturated carbocycles. The number of ether oxygens (including phenoxy) is 1. The molecule has 2 unspecified atom stereocenters. The van der Waals surface area contributed by atoms with E-state index in [1.54, 1.807) is 22.8 Å². The molecule has 0 radical (unpaired) electrons. The molecule has 1 aliphatic rings. The van der Waals surface area contributed by atoms with Crippen LogP contribution >= 0.6 is 24.0 Å². The number of aliphatic carboxylic acids is 1. The molecule has 6 nitrogen and oxygen atoms in total. The van der Waals surface area contributed by atoms with Crippen LogP contribution in [-0.2, 0) is 20.9 Å². The second-order valence-electron chi connectivity index (χ2n) is 8.86. The van der Waals surface area contributed by atoms with Gasteiger partial charge in [0.1, 0.15) is 23.4 Å². The largest absolute Gasteiger partial charge is 0.489 e. The van der Waals surface area contributed by atoms with Crippen molar-refractivity contribution >= 4 is 46.1 Å². The van der Waals surface area contributed by atoms with Crippen molar-refractivity contribution in [3.8, 4) is 0 Å². The first-order valence-electron chi connectivity index (χ1n) is 10.4. The maximum atomic E-state index is 13.1. The van der Waals surface area contributed by atoms with Gasteiger partial charge < -0.3 is 15.2 Å². The predicted octanol–water partition coefficient (Wildman–Crippen LogP) is 5.09. The second-order valence-corrected chi connectivity index (χ2v) is 10.3. The monoisotopic (exact) mass is 472 g/mol. The van der Waals surface area contributed by atoms with Gasteiger partial charge in [-0.3, -0.25) is 4.79 Å².